The van der Waals surface area contributed by atoms with Crippen LogP contribution in [0, 0.1) is 7.05 Å². The van der Waals surface area contributed by atoms with Gasteiger partial charge in [0.1, 0.15) is 0 Å². The van der Waals surface area contributed by atoms with Crippen LogP contribution in [0.4, 0.5) is 0 Å². The topological polar surface area (TPSA) is 12.5 Å². The Labute approximate surface area is 56.8 Å². The Morgan fingerprint density at radius 2 is 2.44 bits per heavy atom. The number of rotatable bonds is 1. The van der Waals surface area contributed by atoms with Gasteiger partial charge in [-0.1, -0.05) is 0 Å². The Bertz CT molecular complexity index is 85.0. The van der Waals surface area contributed by atoms with Crippen molar-refractivity contribution in [1.29, 1.82) is 0 Å². The average Bonchev–Trinajstić information content (AvgIpc) is 1.88. The number of methoxy groups -OCH3 is 1. The summed E-state index contributed by atoms with van der Waals surface area (Å²) in [4.78, 5) is 1.82. The number of hydrogen-bond acceptors (Lipinski definition) is 2. The molecule has 0 bridgehead atoms. The highest BCUT2D eigenvalue weighted by molar-refractivity contribution is 4.71. The van der Waals surface area contributed by atoms with E-state index in [0.717, 1.165) is 25.9 Å². The predicted molar refractivity (Wildman–Crippen MR) is 35.9 cm³/mol. The van der Waals surface area contributed by atoms with Gasteiger partial charge in [-0.05, 0) is 19.4 Å². The molecular weight excluding hydrogens is 114 g/mol. The molecule has 1 heterocycles. The molecule has 1 unspecified atom stereocenters. The molecule has 2 radical (unpaired) electrons. The highest BCUT2D eigenvalue weighted by Gasteiger charge is 2.15. The van der Waals surface area contributed by atoms with E-state index in [1.54, 1.807) is 7.11 Å². The molecule has 1 aliphatic heterocycles. The second-order valence-corrected chi connectivity index (χ2v) is 2.49. The van der Waals surface area contributed by atoms with Crippen LogP contribution in [0.5, 0.6) is 0 Å². The molecule has 1 saturated heterocycles. The molecule has 0 N–H and O–H groups in total. The SMILES string of the molecule is [CH]N1CCCC(OC)C1. The zero-order valence-corrected chi connectivity index (χ0v) is 5.84. The fourth-order valence-corrected chi connectivity index (χ4v) is 1.16. The van der Waals surface area contributed by atoms with E-state index in [9.17, 15) is 0 Å². The fourth-order valence-electron chi connectivity index (χ4n) is 1.16. The lowest BCUT2D eigenvalue weighted by Crippen LogP contribution is -2.34. The van der Waals surface area contributed by atoms with Crippen molar-refractivity contribution in [3.63, 3.8) is 0 Å². The number of likely N-dealkylation sites (tertiary alicyclic amines) is 1. The summed E-state index contributed by atoms with van der Waals surface area (Å²) in [5, 5.41) is 0. The van der Waals surface area contributed by atoms with Crippen molar-refractivity contribution in [2.75, 3.05) is 20.2 Å². The largest absolute Gasteiger partial charge is 0.380 e. The quantitative estimate of drug-likeness (QED) is 0.515. The molecule has 0 aliphatic carbocycles. The Balaban J connectivity index is 2.23. The normalized spacial score (nSPS) is 30.7. The minimum atomic E-state index is 0.365. The van der Waals surface area contributed by atoms with Gasteiger partial charge < -0.3 is 4.74 Å². The fraction of sp³-hybridized carbons (Fsp3) is 0.857. The lowest BCUT2D eigenvalue weighted by Gasteiger charge is -2.27. The van der Waals surface area contributed by atoms with E-state index in [4.69, 9.17) is 11.8 Å². The van der Waals surface area contributed by atoms with E-state index in [0.29, 0.717) is 6.10 Å². The van der Waals surface area contributed by atoms with Crippen LogP contribution in [0.3, 0.4) is 0 Å². The van der Waals surface area contributed by atoms with Gasteiger partial charge >= 0.3 is 0 Å². The third kappa shape index (κ3) is 1.95. The molecule has 0 aromatic carbocycles. The maximum atomic E-state index is 5.55. The minimum Gasteiger partial charge on any atom is -0.380 e. The summed E-state index contributed by atoms with van der Waals surface area (Å²) in [6.07, 6.45) is 2.68. The van der Waals surface area contributed by atoms with Crippen molar-refractivity contribution < 1.29 is 4.74 Å². The van der Waals surface area contributed by atoms with Crippen molar-refractivity contribution >= 4 is 0 Å². The number of hydrogen-bond donors (Lipinski definition) is 0. The summed E-state index contributed by atoms with van der Waals surface area (Å²) in [5.74, 6) is 0. The molecule has 0 aromatic heterocycles. The van der Waals surface area contributed by atoms with Crippen molar-refractivity contribution in [2.24, 2.45) is 0 Å². The zero-order chi connectivity index (χ0) is 6.69. The molecule has 0 amide bonds. The van der Waals surface area contributed by atoms with Gasteiger partial charge in [-0.3, -0.25) is 4.90 Å². The summed E-state index contributed by atoms with van der Waals surface area (Å²) in [6.45, 7) is 1.90. The highest BCUT2D eigenvalue weighted by atomic mass is 16.5. The molecule has 0 aromatic rings. The van der Waals surface area contributed by atoms with E-state index in [-0.39, 0.29) is 0 Å². The highest BCUT2D eigenvalue weighted by Crippen LogP contribution is 2.10. The first-order chi connectivity index (χ1) is 4.33. The van der Waals surface area contributed by atoms with Gasteiger partial charge in [0, 0.05) is 20.7 Å². The van der Waals surface area contributed by atoms with Crippen molar-refractivity contribution in [1.82, 2.24) is 4.90 Å². The van der Waals surface area contributed by atoms with Crippen molar-refractivity contribution in [2.45, 2.75) is 18.9 Å². The molecule has 2 heteroatoms. The van der Waals surface area contributed by atoms with E-state index < -0.39 is 0 Å². The zero-order valence-electron chi connectivity index (χ0n) is 5.84. The van der Waals surface area contributed by atoms with E-state index in [2.05, 4.69) is 0 Å². The lowest BCUT2D eigenvalue weighted by atomic mass is 10.1. The third-order valence-corrected chi connectivity index (χ3v) is 1.74. The van der Waals surface area contributed by atoms with Crippen LogP contribution in [0.25, 0.3) is 0 Å². The first-order valence-corrected chi connectivity index (χ1v) is 3.35. The first-order valence-electron chi connectivity index (χ1n) is 3.35. The standard InChI is InChI=1S/C7H13NO/c1-8-5-3-4-7(6-8)9-2/h1,7H,3-6H2,2H3. The molecule has 52 valence electrons. The van der Waals surface area contributed by atoms with Crippen molar-refractivity contribution in [3.8, 4) is 0 Å². The molecule has 0 spiro atoms. The van der Waals surface area contributed by atoms with E-state index >= 15 is 0 Å². The second kappa shape index (κ2) is 3.18. The maximum absolute atomic E-state index is 5.55. The molecule has 0 saturated carbocycles. The van der Waals surface area contributed by atoms with Crippen LogP contribution in [0.1, 0.15) is 12.8 Å². The Kier molecular flexibility index (Phi) is 2.49. The summed E-state index contributed by atoms with van der Waals surface area (Å²) in [6, 6.07) is 0. The number of piperidine rings is 1. The van der Waals surface area contributed by atoms with Crippen LogP contribution in [-0.2, 0) is 4.74 Å². The van der Waals surface area contributed by atoms with Crippen LogP contribution >= 0.6 is 0 Å². The average molecular weight is 127 g/mol. The molecule has 9 heavy (non-hydrogen) atoms. The van der Waals surface area contributed by atoms with Crippen molar-refractivity contribution in [3.05, 3.63) is 7.05 Å². The van der Waals surface area contributed by atoms with E-state index in [1.807, 2.05) is 4.90 Å². The van der Waals surface area contributed by atoms with Crippen LogP contribution in [0.2, 0.25) is 0 Å². The minimum absolute atomic E-state index is 0.365. The molecule has 2 nitrogen and oxygen atoms in total. The van der Waals surface area contributed by atoms with Gasteiger partial charge in [0.25, 0.3) is 0 Å². The lowest BCUT2D eigenvalue weighted by molar-refractivity contribution is 0.0465. The van der Waals surface area contributed by atoms with Gasteiger partial charge in [0.05, 0.1) is 6.10 Å². The Hall–Kier alpha value is -0.0800. The molecular formula is C7H13NO. The molecule has 1 fully saturated rings. The van der Waals surface area contributed by atoms with Gasteiger partial charge in [0.2, 0.25) is 0 Å². The first kappa shape index (κ1) is 7.03. The molecule has 1 aliphatic rings. The summed E-state index contributed by atoms with van der Waals surface area (Å²) >= 11 is 0. The van der Waals surface area contributed by atoms with Crippen LogP contribution < -0.4 is 0 Å². The smallest absolute Gasteiger partial charge is 0.0698 e. The summed E-state index contributed by atoms with van der Waals surface area (Å²) in [7, 11) is 7.29. The number of ether oxygens (including phenoxy) is 1. The molecule has 1 atom stereocenters. The van der Waals surface area contributed by atoms with Gasteiger partial charge in [-0.25, -0.2) is 0 Å². The van der Waals surface area contributed by atoms with Gasteiger partial charge in [-0.2, -0.15) is 0 Å². The van der Waals surface area contributed by atoms with Gasteiger partial charge in [-0.15, -0.1) is 0 Å². The Morgan fingerprint density at radius 3 is 2.89 bits per heavy atom. The van der Waals surface area contributed by atoms with E-state index in [1.165, 1.54) is 0 Å². The molecule has 1 rings (SSSR count). The Morgan fingerprint density at radius 1 is 1.67 bits per heavy atom. The maximum Gasteiger partial charge on any atom is 0.0698 e. The number of nitrogens with zero attached hydrogens (tertiary/aromatic N) is 1. The predicted octanol–water partition coefficient (Wildman–Crippen LogP) is 0.766. The van der Waals surface area contributed by atoms with Crippen LogP contribution in [-0.4, -0.2) is 31.2 Å². The van der Waals surface area contributed by atoms with Crippen LogP contribution in [0.15, 0.2) is 0 Å². The summed E-state index contributed by atoms with van der Waals surface area (Å²) < 4.78 is 5.14. The second-order valence-electron chi connectivity index (χ2n) is 2.49. The monoisotopic (exact) mass is 127 g/mol. The summed E-state index contributed by atoms with van der Waals surface area (Å²) in [5.41, 5.74) is 0. The third-order valence-electron chi connectivity index (χ3n) is 1.74. The van der Waals surface area contributed by atoms with Gasteiger partial charge in [0.15, 0.2) is 0 Å².